The largest absolute Gasteiger partial charge is 0.391 e. The lowest BCUT2D eigenvalue weighted by Gasteiger charge is -2.27. The average molecular weight is 504 g/mol. The molecule has 34 heavy (non-hydrogen) atoms. The van der Waals surface area contributed by atoms with Crippen LogP contribution in [0, 0.1) is 0 Å². The van der Waals surface area contributed by atoms with E-state index in [2.05, 4.69) is 5.32 Å². The smallest absolute Gasteiger partial charge is 0.253 e. The van der Waals surface area contributed by atoms with Crippen LogP contribution >= 0.6 is 23.2 Å². The van der Waals surface area contributed by atoms with Crippen LogP contribution in [-0.4, -0.2) is 66.2 Å². The molecule has 8 nitrogen and oxygen atoms in total. The lowest BCUT2D eigenvalue weighted by Crippen LogP contribution is -2.42. The van der Waals surface area contributed by atoms with Gasteiger partial charge in [-0.1, -0.05) is 29.3 Å². The second kappa shape index (κ2) is 10.6. The van der Waals surface area contributed by atoms with Crippen LogP contribution in [0.15, 0.2) is 48.5 Å². The van der Waals surface area contributed by atoms with E-state index in [-0.39, 0.29) is 25.5 Å². The first-order chi connectivity index (χ1) is 16.3. The number of halogens is 2. The van der Waals surface area contributed by atoms with Crippen LogP contribution in [0.1, 0.15) is 12.0 Å². The van der Waals surface area contributed by atoms with Crippen molar-refractivity contribution in [1.29, 1.82) is 0 Å². The van der Waals surface area contributed by atoms with E-state index < -0.39 is 24.0 Å². The van der Waals surface area contributed by atoms with E-state index in [0.29, 0.717) is 40.1 Å². The lowest BCUT2D eigenvalue weighted by atomic mass is 10.1. The van der Waals surface area contributed by atoms with Gasteiger partial charge in [-0.15, -0.1) is 0 Å². The Hall–Kier alpha value is -2.91. The Morgan fingerprint density at radius 3 is 2.59 bits per heavy atom. The molecule has 2 atom stereocenters. The highest BCUT2D eigenvalue weighted by Gasteiger charge is 2.38. The summed E-state index contributed by atoms with van der Waals surface area (Å²) in [5, 5.41) is 13.7. The van der Waals surface area contributed by atoms with Crippen molar-refractivity contribution < 1.29 is 24.2 Å². The van der Waals surface area contributed by atoms with Crippen LogP contribution in [0.3, 0.4) is 0 Å². The molecule has 2 aliphatic heterocycles. The van der Waals surface area contributed by atoms with Crippen molar-refractivity contribution in [3.63, 3.8) is 0 Å². The highest BCUT2D eigenvalue weighted by molar-refractivity contribution is 6.42. The molecule has 2 aromatic carbocycles. The molecular formula is C24H23Cl2N3O5. The monoisotopic (exact) mass is 503 g/mol. The van der Waals surface area contributed by atoms with Crippen LogP contribution in [-0.2, 0) is 19.1 Å². The molecule has 2 aromatic rings. The van der Waals surface area contributed by atoms with Crippen LogP contribution in [0.2, 0.25) is 10.0 Å². The second-order valence-corrected chi connectivity index (χ2v) is 8.85. The van der Waals surface area contributed by atoms with E-state index in [9.17, 15) is 19.5 Å². The minimum Gasteiger partial charge on any atom is -0.391 e. The molecule has 10 heteroatoms. The van der Waals surface area contributed by atoms with Gasteiger partial charge < -0.3 is 25.0 Å². The SMILES string of the molecule is O=C(Nc1ccc(N2CCOCC2=O)cc1)[C@H]1C[C@@H](O)CN1C(=O)/C=C/c1ccc(Cl)c(Cl)c1. The number of nitrogens with one attached hydrogen (secondary N) is 1. The molecule has 2 fully saturated rings. The van der Waals surface area contributed by atoms with Gasteiger partial charge in [0, 0.05) is 37.0 Å². The minimum atomic E-state index is -0.818. The summed E-state index contributed by atoms with van der Waals surface area (Å²) < 4.78 is 5.14. The maximum Gasteiger partial charge on any atom is 0.253 e. The Morgan fingerprint density at radius 2 is 1.88 bits per heavy atom. The fourth-order valence-corrected chi connectivity index (χ4v) is 4.23. The summed E-state index contributed by atoms with van der Waals surface area (Å²) in [7, 11) is 0. The molecule has 178 valence electrons. The van der Waals surface area contributed by atoms with Gasteiger partial charge in [0.05, 0.1) is 22.8 Å². The molecule has 2 saturated heterocycles. The number of carbonyl (C=O) groups excluding carboxylic acids is 3. The number of aliphatic hydroxyl groups is 1. The molecule has 0 unspecified atom stereocenters. The zero-order chi connectivity index (χ0) is 24.2. The van der Waals surface area contributed by atoms with Gasteiger partial charge in [0.25, 0.3) is 5.91 Å². The fraction of sp³-hybridized carbons (Fsp3) is 0.292. The van der Waals surface area contributed by atoms with Crippen molar-refractivity contribution in [3.8, 4) is 0 Å². The third-order valence-electron chi connectivity index (χ3n) is 5.66. The number of ether oxygens (including phenoxy) is 1. The van der Waals surface area contributed by atoms with Crippen LogP contribution < -0.4 is 10.2 Å². The molecule has 0 bridgehead atoms. The van der Waals surface area contributed by atoms with Gasteiger partial charge in [-0.2, -0.15) is 0 Å². The maximum absolute atomic E-state index is 12.9. The van der Waals surface area contributed by atoms with Gasteiger partial charge in [0.2, 0.25) is 11.8 Å². The summed E-state index contributed by atoms with van der Waals surface area (Å²) in [6, 6.07) is 11.0. The Labute approximate surface area is 206 Å². The Kier molecular flexibility index (Phi) is 7.53. The summed E-state index contributed by atoms with van der Waals surface area (Å²) in [6.45, 7) is 1.04. The Bertz CT molecular complexity index is 1120. The summed E-state index contributed by atoms with van der Waals surface area (Å²) in [5.74, 6) is -0.918. The molecule has 2 aliphatic rings. The van der Waals surface area contributed by atoms with Gasteiger partial charge >= 0.3 is 0 Å². The number of rotatable bonds is 5. The highest BCUT2D eigenvalue weighted by Crippen LogP contribution is 2.25. The maximum atomic E-state index is 12.9. The van der Waals surface area contributed by atoms with E-state index in [4.69, 9.17) is 27.9 Å². The van der Waals surface area contributed by atoms with E-state index >= 15 is 0 Å². The zero-order valence-corrected chi connectivity index (χ0v) is 19.6. The molecule has 2 N–H and O–H groups in total. The second-order valence-electron chi connectivity index (χ2n) is 8.04. The van der Waals surface area contributed by atoms with Gasteiger partial charge in [-0.3, -0.25) is 14.4 Å². The summed E-state index contributed by atoms with van der Waals surface area (Å²) >= 11 is 11.9. The number of morpholine rings is 1. The number of nitrogens with zero attached hydrogens (tertiary/aromatic N) is 2. The number of benzene rings is 2. The predicted molar refractivity (Wildman–Crippen MR) is 130 cm³/mol. The van der Waals surface area contributed by atoms with Crippen molar-refractivity contribution in [1.82, 2.24) is 4.90 Å². The fourth-order valence-electron chi connectivity index (χ4n) is 3.93. The number of carbonyl (C=O) groups is 3. The number of β-amino-alcohol motifs (C(OH)–C–C–N with tert-alkyl or cyclic N) is 1. The highest BCUT2D eigenvalue weighted by atomic mass is 35.5. The van der Waals surface area contributed by atoms with Crippen molar-refractivity contribution >= 4 is 58.4 Å². The molecular weight excluding hydrogens is 481 g/mol. The molecule has 3 amide bonds. The molecule has 0 aliphatic carbocycles. The van der Waals surface area contributed by atoms with Gasteiger partial charge in [-0.25, -0.2) is 0 Å². The van der Waals surface area contributed by atoms with E-state index in [1.165, 1.54) is 11.0 Å². The van der Waals surface area contributed by atoms with Gasteiger partial charge in [0.1, 0.15) is 12.6 Å². The quantitative estimate of drug-likeness (QED) is 0.611. The molecule has 0 saturated carbocycles. The Balaban J connectivity index is 1.41. The van der Waals surface area contributed by atoms with E-state index in [1.54, 1.807) is 53.4 Å². The standard InChI is InChI=1S/C24H23Cl2N3O5/c25-19-7-1-15(11-20(19)26)2-8-22(31)29-13-18(30)12-21(29)24(33)27-16-3-5-17(6-4-16)28-9-10-34-14-23(28)32/h1-8,11,18,21,30H,9-10,12-14H2,(H,27,33)/b8-2+/t18-,21-/m1/s1. The number of aliphatic hydroxyl groups excluding tert-OH is 1. The Morgan fingerprint density at radius 1 is 1.12 bits per heavy atom. The summed E-state index contributed by atoms with van der Waals surface area (Å²) in [4.78, 5) is 40.7. The molecule has 4 rings (SSSR count). The topological polar surface area (TPSA) is 99.2 Å². The predicted octanol–water partition coefficient (Wildman–Crippen LogP) is 2.97. The van der Waals surface area contributed by atoms with Crippen LogP contribution in [0.5, 0.6) is 0 Å². The number of likely N-dealkylation sites (tertiary alicyclic amines) is 1. The summed E-state index contributed by atoms with van der Waals surface area (Å²) in [6.07, 6.45) is 2.26. The first-order valence-electron chi connectivity index (χ1n) is 10.7. The van der Waals surface area contributed by atoms with Crippen molar-refractivity contribution in [2.75, 3.05) is 36.5 Å². The van der Waals surface area contributed by atoms with E-state index in [1.807, 2.05) is 0 Å². The summed E-state index contributed by atoms with van der Waals surface area (Å²) in [5.41, 5.74) is 1.92. The van der Waals surface area contributed by atoms with E-state index in [0.717, 1.165) is 0 Å². The van der Waals surface area contributed by atoms with Crippen molar-refractivity contribution in [3.05, 3.63) is 64.1 Å². The number of amides is 3. The molecule has 2 heterocycles. The van der Waals surface area contributed by atoms with Crippen LogP contribution in [0.25, 0.3) is 6.08 Å². The van der Waals surface area contributed by atoms with Gasteiger partial charge in [-0.05, 0) is 48.0 Å². The third kappa shape index (κ3) is 5.59. The molecule has 0 radical (unpaired) electrons. The zero-order valence-electron chi connectivity index (χ0n) is 18.1. The van der Waals surface area contributed by atoms with Gasteiger partial charge in [0.15, 0.2) is 0 Å². The first kappa shape index (κ1) is 24.2. The number of hydrogen-bond donors (Lipinski definition) is 2. The average Bonchev–Trinajstić information content (AvgIpc) is 3.22. The molecule has 0 spiro atoms. The number of hydrogen-bond acceptors (Lipinski definition) is 5. The van der Waals surface area contributed by atoms with Crippen LogP contribution in [0.4, 0.5) is 11.4 Å². The lowest BCUT2D eigenvalue weighted by molar-refractivity contribution is -0.132. The van der Waals surface area contributed by atoms with Crippen molar-refractivity contribution in [2.24, 2.45) is 0 Å². The molecule has 0 aromatic heterocycles. The van der Waals surface area contributed by atoms with Crippen molar-refractivity contribution in [2.45, 2.75) is 18.6 Å². The minimum absolute atomic E-state index is 0.0475. The first-order valence-corrected chi connectivity index (χ1v) is 11.5. The third-order valence-corrected chi connectivity index (χ3v) is 6.40. The number of anilines is 2. The normalized spacial score (nSPS) is 20.7.